The van der Waals surface area contributed by atoms with Gasteiger partial charge in [0.2, 0.25) is 5.88 Å². The summed E-state index contributed by atoms with van der Waals surface area (Å²) in [5.74, 6) is 1.49. The van der Waals surface area contributed by atoms with Crippen molar-refractivity contribution in [3.8, 4) is 11.6 Å². The molecule has 1 aromatic carbocycles. The molecule has 0 amide bonds. The van der Waals surface area contributed by atoms with Crippen LogP contribution in [0.1, 0.15) is 11.3 Å². The minimum Gasteiger partial charge on any atom is -0.439 e. The van der Waals surface area contributed by atoms with Gasteiger partial charge in [-0.2, -0.15) is 5.10 Å². The normalized spacial score (nSPS) is 10.6. The van der Waals surface area contributed by atoms with Crippen LogP contribution in [0.2, 0.25) is 0 Å². The molecule has 1 aromatic heterocycles. The average molecular weight is 260 g/mol. The van der Waals surface area contributed by atoms with Crippen molar-refractivity contribution in [3.63, 3.8) is 0 Å². The lowest BCUT2D eigenvalue weighted by Gasteiger charge is -2.14. The highest BCUT2D eigenvalue weighted by Crippen LogP contribution is 2.28. The average Bonchev–Trinajstić information content (AvgIpc) is 2.64. The summed E-state index contributed by atoms with van der Waals surface area (Å²) in [5.41, 5.74) is 8.69. The molecule has 5 nitrogen and oxygen atoms in total. The molecular formula is C14H20N4O. The largest absolute Gasteiger partial charge is 0.439 e. The molecule has 1 heterocycles. The van der Waals surface area contributed by atoms with Gasteiger partial charge in [-0.1, -0.05) is 6.07 Å². The first kappa shape index (κ1) is 13.4. The molecule has 0 saturated heterocycles. The fraction of sp³-hybridized carbons (Fsp3) is 0.357. The Morgan fingerprint density at radius 2 is 2.11 bits per heavy atom. The van der Waals surface area contributed by atoms with Crippen LogP contribution in [0.5, 0.6) is 11.6 Å². The van der Waals surface area contributed by atoms with Crippen LogP contribution in [0.25, 0.3) is 0 Å². The number of nitrogens with two attached hydrogens (primary N) is 1. The topological polar surface area (TPSA) is 56.3 Å². The van der Waals surface area contributed by atoms with Crippen molar-refractivity contribution in [1.82, 2.24) is 9.78 Å². The third kappa shape index (κ3) is 2.71. The fourth-order valence-electron chi connectivity index (χ4n) is 1.98. The highest BCUT2D eigenvalue weighted by atomic mass is 16.5. The van der Waals surface area contributed by atoms with E-state index in [0.29, 0.717) is 12.4 Å². The predicted molar refractivity (Wildman–Crippen MR) is 76.7 cm³/mol. The van der Waals surface area contributed by atoms with Crippen LogP contribution in [0.3, 0.4) is 0 Å². The molecule has 102 valence electrons. The molecule has 2 N–H and O–H groups in total. The maximum atomic E-state index is 5.94. The fourth-order valence-corrected chi connectivity index (χ4v) is 1.98. The molecule has 0 fully saturated rings. The standard InChI is InChI=1S/C14H20N4O/c1-10-13(9-15)14(18(4)16-10)19-12-7-5-6-11(8-12)17(2)3/h5-8H,9,15H2,1-4H3. The molecule has 0 spiro atoms. The van der Waals surface area contributed by atoms with E-state index in [1.54, 1.807) is 4.68 Å². The molecule has 2 aromatic rings. The van der Waals surface area contributed by atoms with Crippen molar-refractivity contribution in [1.29, 1.82) is 0 Å². The van der Waals surface area contributed by atoms with E-state index < -0.39 is 0 Å². The Morgan fingerprint density at radius 3 is 2.74 bits per heavy atom. The Bertz CT molecular complexity index is 575. The number of anilines is 1. The smallest absolute Gasteiger partial charge is 0.222 e. The molecule has 0 radical (unpaired) electrons. The lowest BCUT2D eigenvalue weighted by molar-refractivity contribution is 0.426. The van der Waals surface area contributed by atoms with Crippen molar-refractivity contribution >= 4 is 5.69 Å². The Hall–Kier alpha value is -2.01. The van der Waals surface area contributed by atoms with Gasteiger partial charge in [0.05, 0.1) is 11.3 Å². The summed E-state index contributed by atoms with van der Waals surface area (Å²) < 4.78 is 7.66. The number of aryl methyl sites for hydroxylation is 2. The van der Waals surface area contributed by atoms with Gasteiger partial charge in [0.1, 0.15) is 5.75 Å². The van der Waals surface area contributed by atoms with E-state index in [1.807, 2.05) is 57.2 Å². The Balaban J connectivity index is 2.33. The quantitative estimate of drug-likeness (QED) is 0.914. The third-order valence-electron chi connectivity index (χ3n) is 3.04. The molecule has 0 aliphatic rings. The SMILES string of the molecule is Cc1nn(C)c(Oc2cccc(N(C)C)c2)c1CN. The zero-order valence-electron chi connectivity index (χ0n) is 11.8. The zero-order valence-corrected chi connectivity index (χ0v) is 11.8. The van der Waals surface area contributed by atoms with E-state index in [4.69, 9.17) is 10.5 Å². The van der Waals surface area contributed by atoms with Gasteiger partial charge in [0.25, 0.3) is 0 Å². The summed E-state index contributed by atoms with van der Waals surface area (Å²) >= 11 is 0. The van der Waals surface area contributed by atoms with E-state index in [9.17, 15) is 0 Å². The van der Waals surface area contributed by atoms with Gasteiger partial charge in [0.15, 0.2) is 0 Å². The van der Waals surface area contributed by atoms with E-state index in [-0.39, 0.29) is 0 Å². The highest BCUT2D eigenvalue weighted by Gasteiger charge is 2.14. The number of ether oxygens (including phenoxy) is 1. The van der Waals surface area contributed by atoms with Crippen molar-refractivity contribution in [2.75, 3.05) is 19.0 Å². The Labute approximate surface area is 113 Å². The molecular weight excluding hydrogens is 240 g/mol. The van der Waals surface area contributed by atoms with Crippen LogP contribution >= 0.6 is 0 Å². The molecule has 0 aliphatic carbocycles. The summed E-state index contributed by atoms with van der Waals surface area (Å²) in [4.78, 5) is 2.03. The van der Waals surface area contributed by atoms with Gasteiger partial charge >= 0.3 is 0 Å². The van der Waals surface area contributed by atoms with Crippen molar-refractivity contribution in [3.05, 3.63) is 35.5 Å². The maximum Gasteiger partial charge on any atom is 0.222 e. The zero-order chi connectivity index (χ0) is 14.0. The van der Waals surface area contributed by atoms with Crippen LogP contribution < -0.4 is 15.4 Å². The second-order valence-electron chi connectivity index (χ2n) is 4.69. The second kappa shape index (κ2) is 5.32. The second-order valence-corrected chi connectivity index (χ2v) is 4.69. The van der Waals surface area contributed by atoms with E-state index in [2.05, 4.69) is 5.10 Å². The minimum absolute atomic E-state index is 0.419. The number of benzene rings is 1. The van der Waals surface area contributed by atoms with Crippen LogP contribution in [-0.2, 0) is 13.6 Å². The Kier molecular flexibility index (Phi) is 3.76. The van der Waals surface area contributed by atoms with Crippen molar-refractivity contribution < 1.29 is 4.74 Å². The van der Waals surface area contributed by atoms with Gasteiger partial charge in [-0.15, -0.1) is 0 Å². The van der Waals surface area contributed by atoms with Crippen LogP contribution in [0.15, 0.2) is 24.3 Å². The molecule has 2 rings (SSSR count). The molecule has 0 saturated carbocycles. The van der Waals surface area contributed by atoms with E-state index in [0.717, 1.165) is 22.7 Å². The highest BCUT2D eigenvalue weighted by molar-refractivity contribution is 5.50. The van der Waals surface area contributed by atoms with Crippen molar-refractivity contribution in [2.24, 2.45) is 12.8 Å². The first-order valence-corrected chi connectivity index (χ1v) is 6.20. The molecule has 19 heavy (non-hydrogen) atoms. The predicted octanol–water partition coefficient (Wildman–Crippen LogP) is 2.05. The molecule has 0 bridgehead atoms. The van der Waals surface area contributed by atoms with Gasteiger partial charge in [-0.05, 0) is 19.1 Å². The van der Waals surface area contributed by atoms with E-state index in [1.165, 1.54) is 0 Å². The summed E-state index contributed by atoms with van der Waals surface area (Å²) in [6.45, 7) is 2.35. The van der Waals surface area contributed by atoms with Gasteiger partial charge in [0, 0.05) is 39.4 Å². The molecule has 0 atom stereocenters. The van der Waals surface area contributed by atoms with Crippen LogP contribution in [0, 0.1) is 6.92 Å². The van der Waals surface area contributed by atoms with Crippen LogP contribution in [-0.4, -0.2) is 23.9 Å². The van der Waals surface area contributed by atoms with Gasteiger partial charge in [-0.25, -0.2) is 4.68 Å². The molecule has 0 aliphatic heterocycles. The third-order valence-corrected chi connectivity index (χ3v) is 3.04. The van der Waals surface area contributed by atoms with Crippen molar-refractivity contribution in [2.45, 2.75) is 13.5 Å². The first-order valence-electron chi connectivity index (χ1n) is 6.20. The lowest BCUT2D eigenvalue weighted by Crippen LogP contribution is -2.08. The Morgan fingerprint density at radius 1 is 1.37 bits per heavy atom. The van der Waals surface area contributed by atoms with Crippen LogP contribution in [0.4, 0.5) is 5.69 Å². The first-order chi connectivity index (χ1) is 9.02. The summed E-state index contributed by atoms with van der Waals surface area (Å²) in [5, 5.41) is 4.34. The van der Waals surface area contributed by atoms with Gasteiger partial charge in [-0.3, -0.25) is 0 Å². The van der Waals surface area contributed by atoms with Gasteiger partial charge < -0.3 is 15.4 Å². The summed E-state index contributed by atoms with van der Waals surface area (Å²) in [7, 11) is 5.86. The lowest BCUT2D eigenvalue weighted by atomic mass is 10.2. The summed E-state index contributed by atoms with van der Waals surface area (Å²) in [6.07, 6.45) is 0. The number of hydrogen-bond donors (Lipinski definition) is 1. The minimum atomic E-state index is 0.419. The number of hydrogen-bond acceptors (Lipinski definition) is 4. The number of aromatic nitrogens is 2. The molecule has 0 unspecified atom stereocenters. The van der Waals surface area contributed by atoms with E-state index >= 15 is 0 Å². The molecule has 5 heteroatoms. The summed E-state index contributed by atoms with van der Waals surface area (Å²) in [6, 6.07) is 7.92. The number of rotatable bonds is 4. The number of nitrogens with zero attached hydrogens (tertiary/aromatic N) is 3. The monoisotopic (exact) mass is 260 g/mol. The maximum absolute atomic E-state index is 5.94.